The van der Waals surface area contributed by atoms with E-state index in [2.05, 4.69) is 5.32 Å². The van der Waals surface area contributed by atoms with Gasteiger partial charge >= 0.3 is 0 Å². The molecule has 1 aliphatic rings. The van der Waals surface area contributed by atoms with Gasteiger partial charge < -0.3 is 5.11 Å². The van der Waals surface area contributed by atoms with Crippen molar-refractivity contribution < 1.29 is 5.11 Å². The zero-order valence-electron chi connectivity index (χ0n) is 4.35. The van der Waals surface area contributed by atoms with Gasteiger partial charge in [-0.05, 0) is 25.8 Å². The monoisotopic (exact) mass is 101 g/mol. The molecule has 0 bridgehead atoms. The van der Waals surface area contributed by atoms with Crippen molar-refractivity contribution in [1.29, 1.82) is 0 Å². The normalized spacial score (nSPS) is 33.0. The lowest BCUT2D eigenvalue weighted by molar-refractivity contribution is 0.108. The zero-order valence-corrected chi connectivity index (χ0v) is 4.35. The summed E-state index contributed by atoms with van der Waals surface area (Å²) in [6, 6.07) is 0. The molecule has 1 rings (SSSR count). The molecule has 0 aromatic heterocycles. The van der Waals surface area contributed by atoms with Gasteiger partial charge in [-0.15, -0.1) is 0 Å². The summed E-state index contributed by atoms with van der Waals surface area (Å²) in [5.41, 5.74) is 0. The first kappa shape index (κ1) is 5.06. The van der Waals surface area contributed by atoms with Crippen molar-refractivity contribution in [3.8, 4) is 0 Å². The highest BCUT2D eigenvalue weighted by molar-refractivity contribution is 4.60. The quantitative estimate of drug-likeness (QED) is 0.453. The van der Waals surface area contributed by atoms with E-state index in [9.17, 15) is 0 Å². The lowest BCUT2D eigenvalue weighted by Gasteiger charge is -2.17. The summed E-state index contributed by atoms with van der Waals surface area (Å²) in [4.78, 5) is 0. The minimum atomic E-state index is -0.214. The summed E-state index contributed by atoms with van der Waals surface area (Å²) in [6.07, 6.45) is 3.11. The molecular weight excluding hydrogens is 90.1 g/mol. The van der Waals surface area contributed by atoms with E-state index in [1.807, 2.05) is 0 Å². The van der Waals surface area contributed by atoms with Crippen LogP contribution in [0.2, 0.25) is 0 Å². The van der Waals surface area contributed by atoms with Gasteiger partial charge in [0.1, 0.15) is 6.23 Å². The van der Waals surface area contributed by atoms with E-state index in [-0.39, 0.29) is 6.23 Å². The molecule has 2 nitrogen and oxygen atoms in total. The Balaban J connectivity index is 2.12. The summed E-state index contributed by atoms with van der Waals surface area (Å²) < 4.78 is 0. The smallest absolute Gasteiger partial charge is 0.104 e. The predicted molar refractivity (Wildman–Crippen MR) is 27.9 cm³/mol. The summed E-state index contributed by atoms with van der Waals surface area (Å²) in [5.74, 6) is 0. The first-order valence-electron chi connectivity index (χ1n) is 2.81. The molecule has 1 atom stereocenters. The van der Waals surface area contributed by atoms with Crippen molar-refractivity contribution in [1.82, 2.24) is 5.32 Å². The molecule has 2 heteroatoms. The molecule has 0 saturated carbocycles. The molecule has 1 heterocycles. The maximum Gasteiger partial charge on any atom is 0.104 e. The lowest BCUT2D eigenvalue weighted by atomic mass is 10.1. The largest absolute Gasteiger partial charge is 0.379 e. The molecule has 0 radical (unpaired) electrons. The average Bonchev–Trinajstić information content (AvgIpc) is 1.69. The van der Waals surface area contributed by atoms with Gasteiger partial charge in [-0.25, -0.2) is 0 Å². The molecule has 0 aliphatic carbocycles. The molecular formula is C5H11NO. The second kappa shape index (κ2) is 2.28. The Morgan fingerprint density at radius 3 is 2.57 bits per heavy atom. The van der Waals surface area contributed by atoms with E-state index >= 15 is 0 Å². The molecule has 0 aromatic rings. The van der Waals surface area contributed by atoms with Crippen LogP contribution in [0, 0.1) is 0 Å². The average molecular weight is 101 g/mol. The van der Waals surface area contributed by atoms with Crippen LogP contribution in [-0.4, -0.2) is 17.9 Å². The SMILES string of the molecule is O[C@H]1CCCCN1. The van der Waals surface area contributed by atoms with Crippen LogP contribution in [-0.2, 0) is 0 Å². The van der Waals surface area contributed by atoms with Crippen molar-refractivity contribution in [2.75, 3.05) is 6.54 Å². The van der Waals surface area contributed by atoms with E-state index in [4.69, 9.17) is 5.11 Å². The number of hydrogen-bond acceptors (Lipinski definition) is 2. The van der Waals surface area contributed by atoms with Gasteiger partial charge in [0.2, 0.25) is 0 Å². The highest BCUT2D eigenvalue weighted by atomic mass is 16.3. The molecule has 2 N–H and O–H groups in total. The Labute approximate surface area is 43.5 Å². The molecule has 42 valence electrons. The van der Waals surface area contributed by atoms with Gasteiger partial charge in [0, 0.05) is 0 Å². The standard InChI is InChI=1S/C5H11NO/c7-5-3-1-2-4-6-5/h5-7H,1-4H2/t5-/m0/s1. The summed E-state index contributed by atoms with van der Waals surface area (Å²) in [5, 5.41) is 11.7. The number of aliphatic hydroxyl groups excluding tert-OH is 1. The Kier molecular flexibility index (Phi) is 1.65. The maximum absolute atomic E-state index is 8.80. The van der Waals surface area contributed by atoms with E-state index in [0.29, 0.717) is 0 Å². The van der Waals surface area contributed by atoms with Crippen LogP contribution < -0.4 is 5.32 Å². The number of nitrogens with one attached hydrogen (secondary N) is 1. The minimum Gasteiger partial charge on any atom is -0.379 e. The van der Waals surface area contributed by atoms with Gasteiger partial charge in [0.05, 0.1) is 0 Å². The van der Waals surface area contributed by atoms with Crippen molar-refractivity contribution in [2.24, 2.45) is 0 Å². The lowest BCUT2D eigenvalue weighted by Crippen LogP contribution is -2.33. The molecule has 0 spiro atoms. The highest BCUT2D eigenvalue weighted by Crippen LogP contribution is 2.02. The van der Waals surface area contributed by atoms with Crippen LogP contribution in [0.1, 0.15) is 19.3 Å². The van der Waals surface area contributed by atoms with Crippen LogP contribution in [0.25, 0.3) is 0 Å². The van der Waals surface area contributed by atoms with Crippen molar-refractivity contribution in [2.45, 2.75) is 25.5 Å². The van der Waals surface area contributed by atoms with Crippen LogP contribution in [0.3, 0.4) is 0 Å². The van der Waals surface area contributed by atoms with Gasteiger partial charge in [-0.1, -0.05) is 0 Å². The second-order valence-corrected chi connectivity index (χ2v) is 1.97. The van der Waals surface area contributed by atoms with E-state index in [1.165, 1.54) is 12.8 Å². The van der Waals surface area contributed by atoms with Crippen LogP contribution in [0.5, 0.6) is 0 Å². The van der Waals surface area contributed by atoms with E-state index < -0.39 is 0 Å². The fraction of sp³-hybridized carbons (Fsp3) is 1.00. The summed E-state index contributed by atoms with van der Waals surface area (Å²) in [6.45, 7) is 0.987. The molecule has 1 saturated heterocycles. The van der Waals surface area contributed by atoms with Crippen LogP contribution >= 0.6 is 0 Å². The van der Waals surface area contributed by atoms with Crippen LogP contribution in [0.4, 0.5) is 0 Å². The van der Waals surface area contributed by atoms with Gasteiger partial charge in [0.15, 0.2) is 0 Å². The fourth-order valence-electron chi connectivity index (χ4n) is 0.833. The molecule has 1 aliphatic heterocycles. The van der Waals surface area contributed by atoms with E-state index in [1.54, 1.807) is 0 Å². The summed E-state index contributed by atoms with van der Waals surface area (Å²) in [7, 11) is 0. The first-order valence-corrected chi connectivity index (χ1v) is 2.81. The minimum absolute atomic E-state index is 0.214. The third kappa shape index (κ3) is 1.45. The second-order valence-electron chi connectivity index (χ2n) is 1.97. The maximum atomic E-state index is 8.80. The highest BCUT2D eigenvalue weighted by Gasteiger charge is 2.06. The van der Waals surface area contributed by atoms with Crippen molar-refractivity contribution in [3.63, 3.8) is 0 Å². The van der Waals surface area contributed by atoms with E-state index in [0.717, 1.165) is 13.0 Å². The summed E-state index contributed by atoms with van der Waals surface area (Å²) >= 11 is 0. The topological polar surface area (TPSA) is 32.3 Å². The van der Waals surface area contributed by atoms with Crippen LogP contribution in [0.15, 0.2) is 0 Å². The third-order valence-corrected chi connectivity index (χ3v) is 1.28. The Morgan fingerprint density at radius 1 is 1.43 bits per heavy atom. The Bertz CT molecular complexity index is 50.0. The predicted octanol–water partition coefficient (Wildman–Crippen LogP) is 0.0783. The molecule has 0 unspecified atom stereocenters. The van der Waals surface area contributed by atoms with Gasteiger partial charge in [-0.3, -0.25) is 5.32 Å². The third-order valence-electron chi connectivity index (χ3n) is 1.28. The molecule has 0 aromatic carbocycles. The molecule has 1 fully saturated rings. The number of hydrogen-bond donors (Lipinski definition) is 2. The van der Waals surface area contributed by atoms with Crippen molar-refractivity contribution >= 4 is 0 Å². The number of rotatable bonds is 0. The van der Waals surface area contributed by atoms with Crippen molar-refractivity contribution in [3.05, 3.63) is 0 Å². The Hall–Kier alpha value is -0.0800. The zero-order chi connectivity index (χ0) is 5.11. The van der Waals surface area contributed by atoms with Gasteiger partial charge in [0.25, 0.3) is 0 Å². The molecule has 0 amide bonds. The van der Waals surface area contributed by atoms with Gasteiger partial charge in [-0.2, -0.15) is 0 Å². The Morgan fingerprint density at radius 2 is 2.29 bits per heavy atom. The fourth-order valence-corrected chi connectivity index (χ4v) is 0.833. The number of piperidine rings is 1. The molecule has 7 heavy (non-hydrogen) atoms. The first-order chi connectivity index (χ1) is 3.39. The number of aliphatic hydroxyl groups is 1.